The number of carbonyl (C=O) groups excluding carboxylic acids is 1. The number of nitrogens with zero attached hydrogens (tertiary/aromatic N) is 2. The number of methoxy groups -OCH3 is 3. The Kier molecular flexibility index (Phi) is 21.0. The number of carboxylic acids is 1. The van der Waals surface area contributed by atoms with Gasteiger partial charge in [0.2, 0.25) is 0 Å². The van der Waals surface area contributed by atoms with E-state index in [1.54, 1.807) is 85.8 Å². The van der Waals surface area contributed by atoms with Crippen molar-refractivity contribution < 1.29 is 78.9 Å². The van der Waals surface area contributed by atoms with Gasteiger partial charge >= 0.3 is 30.8 Å². The smallest absolute Gasteiger partial charge is 0.870 e. The van der Waals surface area contributed by atoms with Crippen LogP contribution in [0.15, 0.2) is 180 Å². The van der Waals surface area contributed by atoms with E-state index in [-0.39, 0.29) is 77.2 Å². The van der Waals surface area contributed by atoms with Crippen LogP contribution in [0.1, 0.15) is 37.8 Å². The molecule has 0 bridgehead atoms. The van der Waals surface area contributed by atoms with Crippen molar-refractivity contribution >= 4 is 76.3 Å². The van der Waals surface area contributed by atoms with Crippen LogP contribution < -0.4 is 47.6 Å². The molecule has 77 heavy (non-hydrogen) atoms. The molecule has 0 heterocycles. The fraction of sp³-hybridized carbons (Fsp3) is 0.193. The number of benzene rings is 8. The maximum absolute atomic E-state index is 14.0. The van der Waals surface area contributed by atoms with E-state index in [0.717, 1.165) is 22.0 Å². The molecular formula is C57H57F2LiN4O11S2. The zero-order valence-electron chi connectivity index (χ0n) is 43.2. The summed E-state index contributed by atoms with van der Waals surface area (Å²) in [5, 5.41) is 12.3. The summed E-state index contributed by atoms with van der Waals surface area (Å²) >= 11 is 0. The average molecular weight is 1080 g/mol. The van der Waals surface area contributed by atoms with Crippen molar-refractivity contribution in [3.8, 4) is 11.5 Å². The van der Waals surface area contributed by atoms with E-state index in [1.165, 1.54) is 69.9 Å². The minimum atomic E-state index is -3.89. The number of hydrogen-bond acceptors (Lipinski definition) is 12. The summed E-state index contributed by atoms with van der Waals surface area (Å²) in [6.07, 6.45) is -0.0124. The third-order valence-corrected chi connectivity index (χ3v) is 15.1. The number of ether oxygens (including phenoxy) is 3. The van der Waals surface area contributed by atoms with Crippen LogP contribution in [0.5, 0.6) is 11.5 Å². The molecule has 8 aromatic rings. The number of esters is 1. The predicted molar refractivity (Wildman–Crippen MR) is 290 cm³/mol. The molecule has 0 unspecified atom stereocenters. The monoisotopic (exact) mass is 1080 g/mol. The van der Waals surface area contributed by atoms with Gasteiger partial charge in [0.1, 0.15) is 23.1 Å². The first-order valence-corrected chi connectivity index (χ1v) is 26.5. The maximum atomic E-state index is 14.0. The fourth-order valence-corrected chi connectivity index (χ4v) is 10.7. The number of nitrogens with one attached hydrogen (secondary N) is 2. The topological polar surface area (TPSA) is 211 Å². The Labute approximate surface area is 459 Å². The van der Waals surface area contributed by atoms with Crippen LogP contribution >= 0.6 is 0 Å². The van der Waals surface area contributed by atoms with Gasteiger partial charge in [-0.1, -0.05) is 72.8 Å². The molecule has 20 heteroatoms. The van der Waals surface area contributed by atoms with E-state index in [0.29, 0.717) is 51.4 Å². The maximum Gasteiger partial charge on any atom is 1.00 e. The van der Waals surface area contributed by atoms with Gasteiger partial charge in [0.25, 0.3) is 20.0 Å². The first-order valence-electron chi connectivity index (χ1n) is 23.6. The number of carboxylic acid groups (broad SMARTS) is 1. The number of halogens is 2. The number of hydrogen-bond donors (Lipinski definition) is 3. The molecule has 0 spiro atoms. The van der Waals surface area contributed by atoms with Crippen molar-refractivity contribution in [2.75, 3.05) is 40.6 Å². The van der Waals surface area contributed by atoms with Crippen LogP contribution in [0.2, 0.25) is 0 Å². The summed E-state index contributed by atoms with van der Waals surface area (Å²) in [6.45, 7) is 4.29. The standard InChI is InChI=1S/C29H29FN2O5S.C28H27FN2O5S.Li.H2O/c1-20(17-29(33)37-3)32(19-21-7-6-8-22(30)18-21)28-16-15-27(25-9-4-5-10-26(25)28)31-38(34,35)24-13-11-23(36-2)12-14-24;1-19(16-28(32)33)31(18-20-6-5-7-21(29)17-20)27-15-14-26(24-8-3-4-9-25(24)27)30-37(34,35)23-12-10-22(36-2)11-13-23;;/h4-16,18,20,31H,17,19H2,1-3H3;3-15,17,19,30H,16,18H2,1-2H3,(H,32,33);;1H2/q;;+1;/p-1/t20-;19-;;/m00../s1. The van der Waals surface area contributed by atoms with E-state index >= 15 is 0 Å². The van der Waals surface area contributed by atoms with Gasteiger partial charge in [-0.3, -0.25) is 19.0 Å². The summed E-state index contributed by atoms with van der Waals surface area (Å²) in [5.41, 5.74) is 3.69. The number of carbonyl (C=O) groups is 2. The van der Waals surface area contributed by atoms with Crippen LogP contribution in [-0.4, -0.2) is 72.8 Å². The molecule has 0 aliphatic carbocycles. The molecule has 0 amide bonds. The number of rotatable bonds is 20. The van der Waals surface area contributed by atoms with Crippen molar-refractivity contribution in [1.29, 1.82) is 0 Å². The van der Waals surface area contributed by atoms with Gasteiger partial charge < -0.3 is 34.6 Å². The van der Waals surface area contributed by atoms with E-state index in [2.05, 4.69) is 9.44 Å². The fourth-order valence-electron chi connectivity index (χ4n) is 8.58. The van der Waals surface area contributed by atoms with Crippen molar-refractivity contribution in [1.82, 2.24) is 0 Å². The van der Waals surface area contributed by atoms with Gasteiger partial charge in [0, 0.05) is 58.1 Å². The van der Waals surface area contributed by atoms with Crippen LogP contribution in [0.4, 0.5) is 31.5 Å². The first kappa shape index (κ1) is 60.2. The summed E-state index contributed by atoms with van der Waals surface area (Å²) < 4.78 is 101. The molecular weight excluding hydrogens is 1030 g/mol. The van der Waals surface area contributed by atoms with Crippen LogP contribution in [0, 0.1) is 11.6 Å². The summed E-state index contributed by atoms with van der Waals surface area (Å²) in [7, 11) is -3.41. The largest absolute Gasteiger partial charge is 1.00 e. The van der Waals surface area contributed by atoms with Gasteiger partial charge in [0.05, 0.1) is 55.3 Å². The van der Waals surface area contributed by atoms with E-state index < -0.39 is 32.1 Å². The average Bonchev–Trinajstić information content (AvgIpc) is 3.40. The Morgan fingerprint density at radius 1 is 0.532 bits per heavy atom. The van der Waals surface area contributed by atoms with Crippen molar-refractivity contribution in [2.45, 2.75) is 61.7 Å². The Morgan fingerprint density at radius 3 is 1.26 bits per heavy atom. The molecule has 4 N–H and O–H groups in total. The Bertz CT molecular complexity index is 3540. The molecule has 0 aliphatic heterocycles. The van der Waals surface area contributed by atoms with E-state index in [9.17, 15) is 40.3 Å². The van der Waals surface area contributed by atoms with Crippen LogP contribution in [-0.2, 0) is 47.5 Å². The second-order valence-corrected chi connectivity index (χ2v) is 20.9. The molecule has 0 fully saturated rings. The number of anilines is 4. The third kappa shape index (κ3) is 15.3. The SMILES string of the molecule is COC(=O)C[C@H](C)N(Cc1cccc(F)c1)c1ccc(NS(=O)(=O)c2ccc(OC)cc2)c2ccccc12.COc1ccc(S(=O)(=O)Nc2ccc(N(Cc3cccc(F)c3)[C@@H](C)CC(=O)O)c3ccccc23)cc1.[Li+].[OH-]. The number of aliphatic carboxylic acids is 1. The molecule has 2 atom stereocenters. The van der Waals surface area contributed by atoms with Gasteiger partial charge in [-0.25, -0.2) is 25.6 Å². The number of fused-ring (bicyclic) bond motifs is 2. The summed E-state index contributed by atoms with van der Waals surface area (Å²) in [5.74, 6) is -0.951. The Morgan fingerprint density at radius 2 is 0.909 bits per heavy atom. The molecule has 8 rings (SSSR count). The molecule has 0 aromatic heterocycles. The summed E-state index contributed by atoms with van der Waals surface area (Å²) in [4.78, 5) is 27.7. The second-order valence-electron chi connectivity index (χ2n) is 17.5. The van der Waals surface area contributed by atoms with Gasteiger partial charge in [-0.05, 0) is 122 Å². The molecule has 8 aromatic carbocycles. The Balaban J connectivity index is 0.000000277. The first-order chi connectivity index (χ1) is 35.9. The van der Waals surface area contributed by atoms with Crippen molar-refractivity contribution in [3.05, 3.63) is 193 Å². The minimum Gasteiger partial charge on any atom is -0.870 e. The molecule has 0 aliphatic rings. The Hall–Kier alpha value is -7.66. The third-order valence-electron chi connectivity index (χ3n) is 12.4. The quantitative estimate of drug-likeness (QED) is 0.0486. The summed E-state index contributed by atoms with van der Waals surface area (Å²) in [6, 6.07) is 45.5. The molecule has 398 valence electrons. The van der Waals surface area contributed by atoms with E-state index in [1.807, 2.05) is 59.2 Å². The molecule has 0 saturated carbocycles. The second kappa shape index (κ2) is 26.9. The normalized spacial score (nSPS) is 11.8. The van der Waals surface area contributed by atoms with Crippen LogP contribution in [0.3, 0.4) is 0 Å². The van der Waals surface area contributed by atoms with Gasteiger partial charge in [-0.2, -0.15) is 0 Å². The van der Waals surface area contributed by atoms with Crippen molar-refractivity contribution in [3.63, 3.8) is 0 Å². The zero-order valence-corrected chi connectivity index (χ0v) is 44.8. The number of sulfonamides is 2. The van der Waals surface area contributed by atoms with Gasteiger partial charge in [0.15, 0.2) is 0 Å². The van der Waals surface area contributed by atoms with Crippen LogP contribution in [0.25, 0.3) is 21.5 Å². The van der Waals surface area contributed by atoms with Crippen molar-refractivity contribution in [2.24, 2.45) is 0 Å². The minimum absolute atomic E-state index is 0. The molecule has 0 radical (unpaired) electrons. The van der Waals surface area contributed by atoms with Gasteiger partial charge in [-0.15, -0.1) is 0 Å². The molecule has 15 nitrogen and oxygen atoms in total. The molecule has 0 saturated heterocycles. The van der Waals surface area contributed by atoms with E-state index in [4.69, 9.17) is 14.2 Å². The predicted octanol–water partition coefficient (Wildman–Crippen LogP) is 8.23. The zero-order chi connectivity index (χ0) is 53.9.